The van der Waals surface area contributed by atoms with Crippen molar-refractivity contribution in [1.82, 2.24) is 4.90 Å². The molecule has 0 unspecified atom stereocenters. The van der Waals surface area contributed by atoms with E-state index < -0.39 is 115 Å². The van der Waals surface area contributed by atoms with E-state index in [0.29, 0.717) is 64.2 Å². The Bertz CT molecular complexity index is 2230. The zero-order valence-electron chi connectivity index (χ0n) is 51.5. The van der Waals surface area contributed by atoms with Gasteiger partial charge in [-0.1, -0.05) is 6.92 Å². The van der Waals surface area contributed by atoms with E-state index >= 15 is 0 Å². The van der Waals surface area contributed by atoms with E-state index in [-0.39, 0.29) is 78.6 Å². The van der Waals surface area contributed by atoms with Gasteiger partial charge in [0.1, 0.15) is 18.3 Å². The fourth-order valence-corrected chi connectivity index (χ4v) is 35.0. The van der Waals surface area contributed by atoms with Gasteiger partial charge in [-0.25, -0.2) is 0 Å². The number of nitrogens with zero attached hydrogens (tertiary/aromatic N) is 1. The molecule has 460 valence electrons. The Hall–Kier alpha value is -2.95. The number of amides is 1. The summed E-state index contributed by atoms with van der Waals surface area (Å²) in [7, 11) is 4.86. The molecule has 4 fully saturated rings. The van der Waals surface area contributed by atoms with Gasteiger partial charge in [-0.2, -0.15) is 0 Å². The van der Waals surface area contributed by atoms with Crippen molar-refractivity contribution in [2.75, 3.05) is 52.3 Å². The fourth-order valence-electron chi connectivity index (χ4n) is 12.9. The van der Waals surface area contributed by atoms with Crippen molar-refractivity contribution in [2.24, 2.45) is 40.9 Å². The molecule has 3 saturated heterocycles. The summed E-state index contributed by atoms with van der Waals surface area (Å²) < 4.78 is 48.9. The SMILES string of the molecule is CC[SiH](CC)I(CC)[C@@H]1/C(C)=C/[C@@H](C)C(=O)C[C@@H]([C@H](C)C[C@@H]2CC[C@@H](OC(=O)C3(C)COCOC3)[C@H](OC)C2)OC(=O)[C@@H]2CCCCN2C(=O)C(=O)[C@]2(O)O[C@@H](CC[C@H]2C)C[C@H](OC)/C(C)=C/C=C/C=C/[C@@H](C)C[C@@H](C)C(=O)[C@@H]1OC. The molecule has 16 nitrogen and oxygen atoms in total. The number of piperidine rings is 1. The first kappa shape index (κ1) is 68.8. The van der Waals surface area contributed by atoms with Crippen LogP contribution >= 0.6 is 19.0 Å². The standard InChI is InChI=1S/C63H102INO15Si/c1-15-64(81(16-2)17-3)55-44(8)32-42(6)50(66)36-53(43(7)33-47-27-29-51(54(34-47)74-13)79-61(71)62(11)37-76-39-77-38-62)78-60(70)49-25-21-22-30-65(49)59(69)58(68)63(72)46(10)26-28-48(80-63)35-52(73-12)41(5)24-20-18-19-23-40(4)31-45(9)56(67)57(55)75-14/h18-20,23-24,32,40,42-43,45-49,51-55,57,72,81H,15-17,21-22,25-31,33-39H2,1-14H3/b20-18+,23-19+,41-24+,44-32+/t40-,42-,43-,45-,46-,47+,48+,49+,51-,52+,53+,54-,55-,57-,63-/m1/s1. The number of alkyl halides is 2. The van der Waals surface area contributed by atoms with E-state index in [1.807, 2.05) is 58.1 Å². The summed E-state index contributed by atoms with van der Waals surface area (Å²) in [6, 6.07) is 1.11. The minimum atomic E-state index is -2.44. The molecule has 1 amide bonds. The van der Waals surface area contributed by atoms with E-state index in [2.05, 4.69) is 40.7 Å². The number of methoxy groups -OCH3 is 3. The molecule has 81 heavy (non-hydrogen) atoms. The Balaban J connectivity index is 1.53. The second-order valence-electron chi connectivity index (χ2n) is 24.4. The van der Waals surface area contributed by atoms with E-state index in [0.717, 1.165) is 27.7 Å². The van der Waals surface area contributed by atoms with Crippen molar-refractivity contribution in [2.45, 2.75) is 218 Å². The Morgan fingerprint density at radius 1 is 0.852 bits per heavy atom. The molecule has 5 aliphatic rings. The number of hydrogen-bond acceptors (Lipinski definition) is 15. The summed E-state index contributed by atoms with van der Waals surface area (Å²) in [6.45, 7) is 22.9. The third-order valence-corrected chi connectivity index (χ3v) is 41.7. The van der Waals surface area contributed by atoms with Gasteiger partial charge in [-0.15, -0.1) is 0 Å². The van der Waals surface area contributed by atoms with Crippen LogP contribution in [0.4, 0.5) is 0 Å². The predicted octanol–water partition coefficient (Wildman–Crippen LogP) is 10.0. The zero-order valence-corrected chi connectivity index (χ0v) is 54.9. The molecule has 0 spiro atoms. The van der Waals surface area contributed by atoms with Crippen molar-refractivity contribution in [3.63, 3.8) is 0 Å². The molecule has 0 radical (unpaired) electrons. The van der Waals surface area contributed by atoms with Gasteiger partial charge in [0.2, 0.25) is 5.79 Å². The van der Waals surface area contributed by atoms with Crippen LogP contribution in [0.3, 0.4) is 0 Å². The average molecular weight is 1270 g/mol. The summed E-state index contributed by atoms with van der Waals surface area (Å²) >= 11 is -1.88. The van der Waals surface area contributed by atoms with Gasteiger partial charge in [0, 0.05) is 26.6 Å². The third-order valence-electron chi connectivity index (χ3n) is 18.1. The first-order valence-corrected chi connectivity index (χ1v) is 38.9. The molecular weight excluding hydrogens is 1170 g/mol. The van der Waals surface area contributed by atoms with Crippen LogP contribution in [-0.4, -0.2) is 156 Å². The number of ketones is 3. The van der Waals surface area contributed by atoms with Crippen molar-refractivity contribution in [3.8, 4) is 0 Å². The average Bonchev–Trinajstić information content (AvgIpc) is 3.47. The fraction of sp³-hybridized carbons (Fsp3) is 0.778. The Labute approximate surface area is 493 Å². The van der Waals surface area contributed by atoms with Crippen LogP contribution in [0.5, 0.6) is 0 Å². The number of Topliss-reactive ketones (excluding diaryl/α,β-unsaturated/α-hetero) is 3. The van der Waals surface area contributed by atoms with Crippen LogP contribution in [0.1, 0.15) is 153 Å². The van der Waals surface area contributed by atoms with Gasteiger partial charge in [0.15, 0.2) is 0 Å². The summed E-state index contributed by atoms with van der Waals surface area (Å²) in [4.78, 5) is 88.3. The molecule has 1 aliphatic carbocycles. The number of allylic oxidation sites excluding steroid dienone is 6. The van der Waals surface area contributed by atoms with Crippen molar-refractivity contribution < 1.29 is 71.8 Å². The van der Waals surface area contributed by atoms with E-state index in [9.17, 15) is 33.9 Å². The van der Waals surface area contributed by atoms with Gasteiger partial charge < -0.3 is 33.5 Å². The molecule has 0 aromatic heterocycles. The Kier molecular flexibility index (Phi) is 27.6. The number of carbonyl (C=O) groups excluding carboxylic acids is 6. The number of hydrogen-bond donors (Lipinski definition) is 1. The maximum atomic E-state index is 14.9. The van der Waals surface area contributed by atoms with E-state index in [1.54, 1.807) is 35.2 Å². The van der Waals surface area contributed by atoms with Gasteiger partial charge in [-0.05, 0) is 33.1 Å². The normalized spacial score (nSPS) is 36.7. The predicted molar refractivity (Wildman–Crippen MR) is 324 cm³/mol. The number of aliphatic hydroxyl groups is 1. The number of esters is 2. The molecule has 2 bridgehead atoms. The molecule has 1 saturated carbocycles. The van der Waals surface area contributed by atoms with Crippen LogP contribution in [0, 0.1) is 40.9 Å². The Morgan fingerprint density at radius 3 is 2.20 bits per heavy atom. The molecule has 4 aliphatic heterocycles. The van der Waals surface area contributed by atoms with Crippen LogP contribution in [0.2, 0.25) is 12.1 Å². The van der Waals surface area contributed by atoms with Gasteiger partial charge in [0.25, 0.3) is 5.78 Å². The number of cyclic esters (lactones) is 1. The van der Waals surface area contributed by atoms with Crippen molar-refractivity contribution in [1.29, 1.82) is 0 Å². The number of carbonyl (C=O) groups is 6. The van der Waals surface area contributed by atoms with Gasteiger partial charge in [-0.3, -0.25) is 14.4 Å². The molecule has 0 aromatic rings. The van der Waals surface area contributed by atoms with Crippen LogP contribution in [0.25, 0.3) is 0 Å². The minimum absolute atomic E-state index is 0.0553. The second-order valence-corrected chi connectivity index (χ2v) is 41.6. The summed E-state index contributed by atoms with van der Waals surface area (Å²) in [6.07, 6.45) is 12.7. The molecule has 0 aromatic carbocycles. The van der Waals surface area contributed by atoms with Gasteiger partial charge in [0.05, 0.1) is 25.4 Å². The number of ether oxygens (including phenoxy) is 8. The number of halogens is 1. The zero-order chi connectivity index (χ0) is 59.8. The molecule has 1 N–H and O–H groups in total. The van der Waals surface area contributed by atoms with E-state index in [4.69, 9.17) is 37.9 Å². The maximum absolute atomic E-state index is 14.9. The first-order chi connectivity index (χ1) is 38.5. The third kappa shape index (κ3) is 18.1. The molecule has 5 rings (SSSR count). The summed E-state index contributed by atoms with van der Waals surface area (Å²) in [5, 5.41) is 12.1. The van der Waals surface area contributed by atoms with Crippen LogP contribution < -0.4 is 0 Å². The second kappa shape index (κ2) is 32.5. The topological polar surface area (TPSA) is 200 Å². The quantitative estimate of drug-likeness (QED) is 0.0347. The summed E-state index contributed by atoms with van der Waals surface area (Å²) in [5.74, 6) is -7.55. The van der Waals surface area contributed by atoms with Crippen LogP contribution in [-0.2, 0) is 66.7 Å². The number of fused-ring (bicyclic) bond motifs is 3. The van der Waals surface area contributed by atoms with Crippen molar-refractivity contribution >= 4 is 60.5 Å². The molecule has 18 heteroatoms. The van der Waals surface area contributed by atoms with Crippen LogP contribution in [0.15, 0.2) is 47.6 Å². The molecule has 4 heterocycles. The van der Waals surface area contributed by atoms with Gasteiger partial charge >= 0.3 is 326 Å². The molecule has 15 atom stereocenters. The molecular formula is C63H102INO15Si. The first-order valence-electron chi connectivity index (χ1n) is 30.3. The van der Waals surface area contributed by atoms with E-state index in [1.165, 1.54) is 4.90 Å². The monoisotopic (exact) mass is 1270 g/mol. The summed E-state index contributed by atoms with van der Waals surface area (Å²) in [5.41, 5.74) is 0.971. The Morgan fingerprint density at radius 2 is 1.56 bits per heavy atom. The van der Waals surface area contributed by atoms with Crippen molar-refractivity contribution in [3.05, 3.63) is 47.6 Å². The number of rotatable bonds is 13.